The molecule has 2 heterocycles. The summed E-state index contributed by atoms with van der Waals surface area (Å²) in [7, 11) is 0. The number of amides is 1. The van der Waals surface area contributed by atoms with E-state index in [1.54, 1.807) is 10.5 Å². The van der Waals surface area contributed by atoms with Crippen LogP contribution in [0.5, 0.6) is 5.75 Å². The Morgan fingerprint density at radius 2 is 2.00 bits per heavy atom. The molecule has 0 saturated heterocycles. The highest BCUT2D eigenvalue weighted by Gasteiger charge is 2.11. The van der Waals surface area contributed by atoms with Crippen LogP contribution in [0.2, 0.25) is 0 Å². The lowest BCUT2D eigenvalue weighted by atomic mass is 10.2. The number of carbonyl (C=O) groups excluding carboxylic acids is 1. The Bertz CT molecular complexity index is 1300. The molecule has 6 nitrogen and oxygen atoms in total. The first-order valence-corrected chi connectivity index (χ1v) is 11.5. The minimum atomic E-state index is -0.235. The van der Waals surface area contributed by atoms with E-state index in [0.717, 1.165) is 16.2 Å². The normalized spacial score (nSPS) is 10.9. The second-order valence-electron chi connectivity index (χ2n) is 7.02. The maximum Gasteiger partial charge on any atom is 0.262 e. The maximum atomic E-state index is 12.4. The van der Waals surface area contributed by atoms with E-state index in [9.17, 15) is 9.59 Å². The lowest BCUT2D eigenvalue weighted by Crippen LogP contribution is -2.20. The summed E-state index contributed by atoms with van der Waals surface area (Å²) < 4.78 is 7.19. The van der Waals surface area contributed by atoms with Gasteiger partial charge in [0.25, 0.3) is 11.5 Å². The van der Waals surface area contributed by atoms with Crippen molar-refractivity contribution in [2.75, 3.05) is 11.9 Å². The molecule has 158 valence electrons. The lowest BCUT2D eigenvalue weighted by molar-refractivity contribution is -0.118. The smallest absolute Gasteiger partial charge is 0.262 e. The SMILES string of the molecule is Cc1cccc(OCC(=O)Nc2ccccc2SCc2cc(=O)n3c(C)csc3n2)c1. The second kappa shape index (κ2) is 9.36. The third kappa shape index (κ3) is 5.15. The van der Waals surface area contributed by atoms with E-state index in [4.69, 9.17) is 4.74 Å². The van der Waals surface area contributed by atoms with Crippen molar-refractivity contribution in [2.45, 2.75) is 24.5 Å². The Kier molecular flexibility index (Phi) is 6.39. The average Bonchev–Trinajstić information content (AvgIpc) is 3.13. The molecule has 0 radical (unpaired) electrons. The van der Waals surface area contributed by atoms with Crippen molar-refractivity contribution in [3.05, 3.63) is 87.3 Å². The van der Waals surface area contributed by atoms with Crippen molar-refractivity contribution in [3.8, 4) is 5.75 Å². The number of fused-ring (bicyclic) bond motifs is 1. The summed E-state index contributed by atoms with van der Waals surface area (Å²) in [6.45, 7) is 3.79. The number of nitrogens with one attached hydrogen (secondary N) is 1. The number of rotatable bonds is 7. The first-order chi connectivity index (χ1) is 15.0. The van der Waals surface area contributed by atoms with Crippen molar-refractivity contribution in [3.63, 3.8) is 0 Å². The molecule has 1 amide bonds. The molecule has 0 unspecified atom stereocenters. The Morgan fingerprint density at radius 1 is 1.16 bits per heavy atom. The van der Waals surface area contributed by atoms with Crippen molar-refractivity contribution < 1.29 is 9.53 Å². The summed E-state index contributed by atoms with van der Waals surface area (Å²) in [6, 6.07) is 16.7. The Morgan fingerprint density at radius 3 is 2.84 bits per heavy atom. The van der Waals surface area contributed by atoms with Crippen LogP contribution in [0.25, 0.3) is 4.96 Å². The predicted molar refractivity (Wildman–Crippen MR) is 125 cm³/mol. The number of aryl methyl sites for hydroxylation is 2. The first-order valence-electron chi connectivity index (χ1n) is 9.67. The van der Waals surface area contributed by atoms with Crippen LogP contribution in [0.3, 0.4) is 0 Å². The molecule has 8 heteroatoms. The number of benzene rings is 2. The van der Waals surface area contributed by atoms with Crippen LogP contribution in [0.1, 0.15) is 17.0 Å². The van der Waals surface area contributed by atoms with Crippen molar-refractivity contribution in [1.29, 1.82) is 0 Å². The lowest BCUT2D eigenvalue weighted by Gasteiger charge is -2.11. The molecular weight excluding hydrogens is 430 g/mol. The number of aromatic nitrogens is 2. The molecule has 0 bridgehead atoms. The van der Waals surface area contributed by atoms with E-state index in [-0.39, 0.29) is 18.1 Å². The van der Waals surface area contributed by atoms with Crippen LogP contribution in [-0.2, 0) is 10.5 Å². The van der Waals surface area contributed by atoms with Gasteiger partial charge in [0.2, 0.25) is 0 Å². The van der Waals surface area contributed by atoms with Crippen molar-refractivity contribution in [2.24, 2.45) is 0 Å². The van der Waals surface area contributed by atoms with Gasteiger partial charge in [-0.05, 0) is 43.7 Å². The number of carbonyl (C=O) groups is 1. The molecule has 0 aliphatic rings. The van der Waals surface area contributed by atoms with Crippen molar-refractivity contribution in [1.82, 2.24) is 9.38 Å². The van der Waals surface area contributed by atoms with Crippen LogP contribution in [0.4, 0.5) is 5.69 Å². The number of ether oxygens (including phenoxy) is 1. The average molecular weight is 452 g/mol. The molecule has 31 heavy (non-hydrogen) atoms. The van der Waals surface area contributed by atoms with Crippen LogP contribution in [0.15, 0.2) is 69.7 Å². The first kappa shape index (κ1) is 21.1. The number of para-hydroxylation sites is 1. The molecule has 0 atom stereocenters. The van der Waals surface area contributed by atoms with Gasteiger partial charge in [-0.3, -0.25) is 14.0 Å². The summed E-state index contributed by atoms with van der Waals surface area (Å²) in [6.07, 6.45) is 0. The fourth-order valence-electron chi connectivity index (χ4n) is 3.06. The summed E-state index contributed by atoms with van der Waals surface area (Å²) >= 11 is 2.97. The molecule has 4 rings (SSSR count). The molecule has 2 aromatic heterocycles. The quantitative estimate of drug-likeness (QED) is 0.413. The third-order valence-electron chi connectivity index (χ3n) is 4.52. The molecule has 0 saturated carbocycles. The fraction of sp³-hybridized carbons (Fsp3) is 0.174. The molecular formula is C23H21N3O3S2. The number of thioether (sulfide) groups is 1. The highest BCUT2D eigenvalue weighted by Crippen LogP contribution is 2.29. The minimum absolute atomic E-state index is 0.0742. The number of hydrogen-bond acceptors (Lipinski definition) is 6. The summed E-state index contributed by atoms with van der Waals surface area (Å²) in [4.78, 5) is 30.9. The van der Waals surface area contributed by atoms with Gasteiger partial charge in [-0.25, -0.2) is 4.98 Å². The van der Waals surface area contributed by atoms with Gasteiger partial charge in [0.1, 0.15) is 5.75 Å². The monoisotopic (exact) mass is 451 g/mol. The van der Waals surface area contributed by atoms with E-state index in [1.807, 2.05) is 67.8 Å². The van der Waals surface area contributed by atoms with Gasteiger partial charge >= 0.3 is 0 Å². The Balaban J connectivity index is 1.41. The minimum Gasteiger partial charge on any atom is -0.484 e. The van der Waals surface area contributed by atoms with Gasteiger partial charge in [0.15, 0.2) is 11.6 Å². The predicted octanol–water partition coefficient (Wildman–Crippen LogP) is 4.68. The summed E-state index contributed by atoms with van der Waals surface area (Å²) in [5.74, 6) is 0.950. The van der Waals surface area contributed by atoms with E-state index < -0.39 is 0 Å². The third-order valence-corrected chi connectivity index (χ3v) is 6.58. The molecule has 1 N–H and O–H groups in total. The van der Waals surface area contributed by atoms with Gasteiger partial charge in [-0.1, -0.05) is 24.3 Å². The number of anilines is 1. The number of nitrogens with zero attached hydrogens (tertiary/aromatic N) is 2. The van der Waals surface area contributed by atoms with E-state index in [2.05, 4.69) is 10.3 Å². The Hall–Kier alpha value is -3.10. The summed E-state index contributed by atoms with van der Waals surface area (Å²) in [5.41, 5.74) is 3.30. The zero-order valence-electron chi connectivity index (χ0n) is 17.1. The van der Waals surface area contributed by atoms with Crippen LogP contribution in [0, 0.1) is 13.8 Å². The van der Waals surface area contributed by atoms with Gasteiger partial charge in [0, 0.05) is 27.8 Å². The molecule has 0 aliphatic heterocycles. The van der Waals surface area contributed by atoms with Crippen LogP contribution < -0.4 is 15.6 Å². The van der Waals surface area contributed by atoms with Gasteiger partial charge in [-0.15, -0.1) is 23.1 Å². The van der Waals surface area contributed by atoms with Gasteiger partial charge < -0.3 is 10.1 Å². The standard InChI is InChI=1S/C23H21N3O3S2/c1-15-6-5-7-18(10-15)29-12-21(27)25-19-8-3-4-9-20(19)30-14-17-11-22(28)26-16(2)13-31-23(26)24-17/h3-11,13H,12,14H2,1-2H3,(H,25,27). The largest absolute Gasteiger partial charge is 0.484 e. The molecule has 0 fully saturated rings. The Labute approximate surface area is 187 Å². The van der Waals surface area contributed by atoms with Gasteiger partial charge in [-0.2, -0.15) is 0 Å². The second-order valence-corrected chi connectivity index (χ2v) is 8.87. The highest BCUT2D eigenvalue weighted by molar-refractivity contribution is 7.98. The van der Waals surface area contributed by atoms with E-state index in [0.29, 0.717) is 27.8 Å². The molecule has 2 aromatic carbocycles. The van der Waals surface area contributed by atoms with Gasteiger partial charge in [0.05, 0.1) is 11.4 Å². The number of hydrogen-bond donors (Lipinski definition) is 1. The van der Waals surface area contributed by atoms with Crippen LogP contribution >= 0.6 is 23.1 Å². The topological polar surface area (TPSA) is 72.7 Å². The zero-order chi connectivity index (χ0) is 21.8. The zero-order valence-corrected chi connectivity index (χ0v) is 18.8. The van der Waals surface area contributed by atoms with E-state index >= 15 is 0 Å². The fourth-order valence-corrected chi connectivity index (χ4v) is 4.85. The van der Waals surface area contributed by atoms with Crippen molar-refractivity contribution >= 4 is 39.7 Å². The van der Waals surface area contributed by atoms with Crippen LogP contribution in [-0.4, -0.2) is 21.9 Å². The molecule has 4 aromatic rings. The molecule has 0 spiro atoms. The highest BCUT2D eigenvalue weighted by atomic mass is 32.2. The molecule has 0 aliphatic carbocycles. The summed E-state index contributed by atoms with van der Waals surface area (Å²) in [5, 5.41) is 4.83. The number of thiazole rings is 1. The van der Waals surface area contributed by atoms with E-state index in [1.165, 1.54) is 23.1 Å². The maximum absolute atomic E-state index is 12.4.